The zero-order valence-corrected chi connectivity index (χ0v) is 12.7. The van der Waals surface area contributed by atoms with E-state index in [0.717, 1.165) is 11.4 Å². The Morgan fingerprint density at radius 2 is 1.80 bits per heavy atom. The van der Waals surface area contributed by atoms with Crippen molar-refractivity contribution >= 4 is 11.6 Å². The molecule has 0 aliphatic rings. The Balaban J connectivity index is 2.04. The predicted molar refractivity (Wildman–Crippen MR) is 82.4 cm³/mol. The van der Waals surface area contributed by atoms with Crippen LogP contribution in [0.25, 0.3) is 0 Å². The first-order chi connectivity index (χ1) is 9.42. The lowest BCUT2D eigenvalue weighted by Crippen LogP contribution is -2.35. The van der Waals surface area contributed by atoms with Crippen LogP contribution in [0.15, 0.2) is 42.5 Å². The van der Waals surface area contributed by atoms with E-state index in [-0.39, 0.29) is 5.54 Å². The molecule has 1 N–H and O–H groups in total. The lowest BCUT2D eigenvalue weighted by atomic mass is 10.1. The van der Waals surface area contributed by atoms with Crippen molar-refractivity contribution in [2.24, 2.45) is 0 Å². The maximum atomic E-state index is 5.84. The van der Waals surface area contributed by atoms with Crippen LogP contribution < -0.4 is 10.1 Å². The Hall–Kier alpha value is -1.58. The summed E-state index contributed by atoms with van der Waals surface area (Å²) in [5, 5.41) is 4.09. The monoisotopic (exact) mass is 290 g/mol. The van der Waals surface area contributed by atoms with Crippen molar-refractivity contribution in [2.45, 2.75) is 32.9 Å². The molecule has 0 aliphatic heterocycles. The molecule has 1 aromatic heterocycles. The van der Waals surface area contributed by atoms with Gasteiger partial charge in [-0.2, -0.15) is 0 Å². The van der Waals surface area contributed by atoms with Gasteiger partial charge in [0.1, 0.15) is 5.75 Å². The highest BCUT2D eigenvalue weighted by atomic mass is 35.5. The Morgan fingerprint density at radius 3 is 2.45 bits per heavy atom. The molecule has 0 aliphatic carbocycles. The van der Waals surface area contributed by atoms with Crippen molar-refractivity contribution in [3.63, 3.8) is 0 Å². The van der Waals surface area contributed by atoms with Crippen LogP contribution in [0.5, 0.6) is 11.6 Å². The summed E-state index contributed by atoms with van der Waals surface area (Å²) in [6.45, 7) is 7.09. The van der Waals surface area contributed by atoms with Crippen LogP contribution in [-0.2, 0) is 6.54 Å². The Morgan fingerprint density at radius 1 is 1.10 bits per heavy atom. The average molecular weight is 291 g/mol. The zero-order valence-electron chi connectivity index (χ0n) is 12.0. The lowest BCUT2D eigenvalue weighted by molar-refractivity contribution is 0.416. The maximum Gasteiger partial charge on any atom is 0.219 e. The van der Waals surface area contributed by atoms with Crippen LogP contribution in [0.4, 0.5) is 0 Å². The van der Waals surface area contributed by atoms with Gasteiger partial charge in [-0.05, 0) is 51.1 Å². The van der Waals surface area contributed by atoms with Crippen molar-refractivity contribution in [3.8, 4) is 11.6 Å². The molecule has 0 amide bonds. The fourth-order valence-corrected chi connectivity index (χ4v) is 1.72. The normalized spacial score (nSPS) is 11.4. The van der Waals surface area contributed by atoms with Crippen LogP contribution in [0, 0.1) is 0 Å². The highest BCUT2D eigenvalue weighted by molar-refractivity contribution is 6.30. The second-order valence-electron chi connectivity index (χ2n) is 5.63. The standard InChI is InChI=1S/C16H19ClN2O/c1-16(2,3)18-11-13-5-4-6-15(19-13)20-14-9-7-12(17)8-10-14/h4-10,18H,11H2,1-3H3. The summed E-state index contributed by atoms with van der Waals surface area (Å²) in [6, 6.07) is 13.0. The van der Waals surface area contributed by atoms with Crippen LogP contribution in [0.3, 0.4) is 0 Å². The number of pyridine rings is 1. The minimum atomic E-state index is 0.0642. The van der Waals surface area contributed by atoms with Gasteiger partial charge >= 0.3 is 0 Å². The summed E-state index contributed by atoms with van der Waals surface area (Å²) in [5.74, 6) is 1.31. The van der Waals surface area contributed by atoms with Crippen LogP contribution in [-0.4, -0.2) is 10.5 Å². The van der Waals surface area contributed by atoms with E-state index in [4.69, 9.17) is 16.3 Å². The number of nitrogens with one attached hydrogen (secondary N) is 1. The zero-order chi connectivity index (χ0) is 14.6. The summed E-state index contributed by atoms with van der Waals surface area (Å²) in [5.41, 5.74) is 1.01. The molecule has 0 spiro atoms. The van der Waals surface area contributed by atoms with E-state index in [9.17, 15) is 0 Å². The summed E-state index contributed by atoms with van der Waals surface area (Å²) in [7, 11) is 0. The molecule has 0 unspecified atom stereocenters. The largest absolute Gasteiger partial charge is 0.439 e. The molecule has 2 rings (SSSR count). The summed E-state index contributed by atoms with van der Waals surface area (Å²) >= 11 is 5.84. The highest BCUT2D eigenvalue weighted by Gasteiger charge is 2.09. The third-order valence-corrected chi connectivity index (χ3v) is 2.87. The van der Waals surface area contributed by atoms with E-state index < -0.39 is 0 Å². The summed E-state index contributed by atoms with van der Waals surface area (Å²) < 4.78 is 5.71. The SMILES string of the molecule is CC(C)(C)NCc1cccc(Oc2ccc(Cl)cc2)n1. The molecular formula is C16H19ClN2O. The van der Waals surface area contributed by atoms with E-state index in [1.54, 1.807) is 12.1 Å². The number of aromatic nitrogens is 1. The van der Waals surface area contributed by atoms with Crippen molar-refractivity contribution < 1.29 is 4.74 Å². The van der Waals surface area contributed by atoms with E-state index in [1.807, 2.05) is 30.3 Å². The molecule has 3 nitrogen and oxygen atoms in total. The lowest BCUT2D eigenvalue weighted by Gasteiger charge is -2.20. The van der Waals surface area contributed by atoms with Crippen LogP contribution >= 0.6 is 11.6 Å². The van der Waals surface area contributed by atoms with Crippen molar-refractivity contribution in [1.29, 1.82) is 0 Å². The Bertz CT molecular complexity index is 561. The average Bonchev–Trinajstić information content (AvgIpc) is 2.39. The number of rotatable bonds is 4. The molecule has 1 heterocycles. The molecule has 0 fully saturated rings. The number of hydrogen-bond acceptors (Lipinski definition) is 3. The molecule has 106 valence electrons. The number of hydrogen-bond donors (Lipinski definition) is 1. The minimum absolute atomic E-state index is 0.0642. The van der Waals surface area contributed by atoms with Gasteiger partial charge in [-0.25, -0.2) is 4.98 Å². The van der Waals surface area contributed by atoms with Crippen LogP contribution in [0.2, 0.25) is 5.02 Å². The molecule has 0 saturated carbocycles. The number of halogens is 1. The van der Waals surface area contributed by atoms with Gasteiger partial charge in [0.15, 0.2) is 0 Å². The number of nitrogens with zero attached hydrogens (tertiary/aromatic N) is 1. The first kappa shape index (κ1) is 14.8. The van der Waals surface area contributed by atoms with Gasteiger partial charge in [0.05, 0.1) is 5.69 Å². The van der Waals surface area contributed by atoms with E-state index in [2.05, 4.69) is 31.1 Å². The Kier molecular flexibility index (Phi) is 4.63. The topological polar surface area (TPSA) is 34.1 Å². The van der Waals surface area contributed by atoms with Gasteiger partial charge in [0, 0.05) is 23.2 Å². The second-order valence-corrected chi connectivity index (χ2v) is 6.06. The quantitative estimate of drug-likeness (QED) is 0.905. The van der Waals surface area contributed by atoms with Crippen molar-refractivity contribution in [3.05, 3.63) is 53.2 Å². The highest BCUT2D eigenvalue weighted by Crippen LogP contribution is 2.21. The van der Waals surface area contributed by atoms with Crippen molar-refractivity contribution in [1.82, 2.24) is 10.3 Å². The van der Waals surface area contributed by atoms with Gasteiger partial charge in [-0.1, -0.05) is 17.7 Å². The molecule has 20 heavy (non-hydrogen) atoms. The van der Waals surface area contributed by atoms with Crippen LogP contribution in [0.1, 0.15) is 26.5 Å². The molecule has 0 bridgehead atoms. The van der Waals surface area contributed by atoms with Gasteiger partial charge in [0.25, 0.3) is 0 Å². The van der Waals surface area contributed by atoms with E-state index in [0.29, 0.717) is 17.4 Å². The fourth-order valence-electron chi connectivity index (χ4n) is 1.59. The second kappa shape index (κ2) is 6.25. The summed E-state index contributed by atoms with van der Waals surface area (Å²) in [4.78, 5) is 4.48. The first-order valence-corrected chi connectivity index (χ1v) is 6.94. The van der Waals surface area contributed by atoms with Gasteiger partial charge in [-0.15, -0.1) is 0 Å². The smallest absolute Gasteiger partial charge is 0.219 e. The minimum Gasteiger partial charge on any atom is -0.439 e. The molecule has 1 aromatic carbocycles. The van der Waals surface area contributed by atoms with Gasteiger partial charge in [-0.3, -0.25) is 0 Å². The van der Waals surface area contributed by atoms with Crippen molar-refractivity contribution in [2.75, 3.05) is 0 Å². The molecular weight excluding hydrogens is 272 g/mol. The molecule has 4 heteroatoms. The third-order valence-electron chi connectivity index (χ3n) is 2.62. The summed E-state index contributed by atoms with van der Waals surface area (Å²) in [6.07, 6.45) is 0. The molecule has 2 aromatic rings. The number of ether oxygens (including phenoxy) is 1. The maximum absolute atomic E-state index is 5.84. The Labute approximate surface area is 124 Å². The first-order valence-electron chi connectivity index (χ1n) is 6.57. The molecule has 0 radical (unpaired) electrons. The number of benzene rings is 1. The van der Waals surface area contributed by atoms with Gasteiger partial charge < -0.3 is 10.1 Å². The van der Waals surface area contributed by atoms with E-state index in [1.165, 1.54) is 0 Å². The fraction of sp³-hybridized carbons (Fsp3) is 0.312. The van der Waals surface area contributed by atoms with Gasteiger partial charge in [0.2, 0.25) is 5.88 Å². The third kappa shape index (κ3) is 4.83. The molecule has 0 atom stereocenters. The van der Waals surface area contributed by atoms with E-state index >= 15 is 0 Å². The predicted octanol–water partition coefficient (Wildman–Crippen LogP) is 4.42. The molecule has 0 saturated heterocycles.